The number of hydrogen-bond donors (Lipinski definition) is 1. The summed E-state index contributed by atoms with van der Waals surface area (Å²) in [6, 6.07) is 12.0. The minimum atomic E-state index is 0.776. The summed E-state index contributed by atoms with van der Waals surface area (Å²) in [6.45, 7) is 3.02. The molecule has 0 unspecified atom stereocenters. The van der Waals surface area contributed by atoms with Crippen molar-refractivity contribution in [3.05, 3.63) is 54.2 Å². The van der Waals surface area contributed by atoms with Crippen molar-refractivity contribution in [2.75, 3.05) is 11.9 Å². The Morgan fingerprint density at radius 3 is 2.78 bits per heavy atom. The molecule has 0 aliphatic heterocycles. The van der Waals surface area contributed by atoms with Crippen LogP contribution in [0.1, 0.15) is 45.4 Å². The van der Waals surface area contributed by atoms with E-state index in [1.165, 1.54) is 32.1 Å². The number of anilines is 2. The largest absolute Gasteiger partial charge is 0.494 e. The summed E-state index contributed by atoms with van der Waals surface area (Å²) in [7, 11) is 0. The molecular weight excluding hydrogens is 354 g/mol. The van der Waals surface area contributed by atoms with E-state index in [0.717, 1.165) is 40.9 Å². The molecule has 3 rings (SSSR count). The summed E-state index contributed by atoms with van der Waals surface area (Å²) >= 11 is 1.59. The summed E-state index contributed by atoms with van der Waals surface area (Å²) in [5.41, 5.74) is 2.95. The third-order valence-corrected chi connectivity index (χ3v) is 5.07. The molecule has 0 bridgehead atoms. The van der Waals surface area contributed by atoms with Crippen LogP contribution < -0.4 is 10.1 Å². The van der Waals surface area contributed by atoms with Crippen LogP contribution in [0.3, 0.4) is 0 Å². The number of rotatable bonds is 11. The number of aromatic nitrogens is 2. The zero-order valence-electron chi connectivity index (χ0n) is 15.9. The van der Waals surface area contributed by atoms with E-state index in [1.807, 2.05) is 48.0 Å². The molecule has 27 heavy (non-hydrogen) atoms. The lowest BCUT2D eigenvalue weighted by molar-refractivity contribution is 0.304. The van der Waals surface area contributed by atoms with Gasteiger partial charge in [0.15, 0.2) is 5.13 Å². The van der Waals surface area contributed by atoms with Crippen LogP contribution in [0.25, 0.3) is 11.3 Å². The number of pyridine rings is 1. The second kappa shape index (κ2) is 10.7. The van der Waals surface area contributed by atoms with Crippen LogP contribution in [0.15, 0.2) is 54.2 Å². The average molecular weight is 382 g/mol. The monoisotopic (exact) mass is 381 g/mol. The van der Waals surface area contributed by atoms with Gasteiger partial charge in [-0.15, -0.1) is 11.3 Å². The molecule has 2 aromatic heterocycles. The first kappa shape index (κ1) is 19.4. The first-order valence-electron chi connectivity index (χ1n) is 9.71. The number of benzene rings is 1. The van der Waals surface area contributed by atoms with Gasteiger partial charge in [-0.25, -0.2) is 4.98 Å². The predicted molar refractivity (Wildman–Crippen MR) is 114 cm³/mol. The zero-order valence-corrected chi connectivity index (χ0v) is 16.7. The number of hydrogen-bond acceptors (Lipinski definition) is 5. The third kappa shape index (κ3) is 6.36. The molecule has 0 amide bonds. The molecule has 0 radical (unpaired) electrons. The lowest BCUT2D eigenvalue weighted by atomic mass is 10.1. The molecule has 5 heteroatoms. The number of nitrogens with zero attached hydrogens (tertiary/aromatic N) is 2. The molecule has 0 aliphatic carbocycles. The standard InChI is InChI=1S/C22H27N3OS/c1-2-3-4-5-6-7-14-26-20-12-8-11-19(15-20)24-22-25-21(17-27-22)18-10-9-13-23-16-18/h8-13,15-17H,2-7,14H2,1H3,(H,24,25). The minimum absolute atomic E-state index is 0.776. The molecule has 1 aromatic carbocycles. The van der Waals surface area contributed by atoms with E-state index in [1.54, 1.807) is 17.5 Å². The quantitative estimate of drug-likeness (QED) is 0.376. The van der Waals surface area contributed by atoms with Crippen molar-refractivity contribution in [2.24, 2.45) is 0 Å². The fourth-order valence-electron chi connectivity index (χ4n) is 2.84. The number of thiazole rings is 1. The fourth-order valence-corrected chi connectivity index (χ4v) is 3.58. The van der Waals surface area contributed by atoms with E-state index in [4.69, 9.17) is 4.74 Å². The van der Waals surface area contributed by atoms with E-state index in [9.17, 15) is 0 Å². The highest BCUT2D eigenvalue weighted by atomic mass is 32.1. The van der Waals surface area contributed by atoms with Crippen molar-refractivity contribution in [2.45, 2.75) is 45.4 Å². The number of unbranched alkanes of at least 4 members (excludes halogenated alkanes) is 5. The van der Waals surface area contributed by atoms with Crippen LogP contribution >= 0.6 is 11.3 Å². The van der Waals surface area contributed by atoms with Crippen molar-refractivity contribution in [3.8, 4) is 17.0 Å². The van der Waals surface area contributed by atoms with E-state index in [0.29, 0.717) is 0 Å². The molecule has 0 aliphatic rings. The number of ether oxygens (including phenoxy) is 1. The second-order valence-electron chi connectivity index (χ2n) is 6.55. The Labute approximate surface area is 165 Å². The highest BCUT2D eigenvalue weighted by Crippen LogP contribution is 2.28. The highest BCUT2D eigenvalue weighted by Gasteiger charge is 2.05. The highest BCUT2D eigenvalue weighted by molar-refractivity contribution is 7.14. The summed E-state index contributed by atoms with van der Waals surface area (Å²) in [6.07, 6.45) is 11.2. The molecule has 4 nitrogen and oxygen atoms in total. The smallest absolute Gasteiger partial charge is 0.187 e. The summed E-state index contributed by atoms with van der Waals surface area (Å²) in [5, 5.41) is 6.27. The van der Waals surface area contributed by atoms with Gasteiger partial charge < -0.3 is 10.1 Å². The molecule has 0 fully saturated rings. The fraction of sp³-hybridized carbons (Fsp3) is 0.364. The normalized spacial score (nSPS) is 10.7. The van der Waals surface area contributed by atoms with Gasteiger partial charge in [0.05, 0.1) is 12.3 Å². The molecular formula is C22H27N3OS. The molecule has 142 valence electrons. The van der Waals surface area contributed by atoms with Crippen molar-refractivity contribution in [1.29, 1.82) is 0 Å². The molecule has 1 N–H and O–H groups in total. The van der Waals surface area contributed by atoms with Gasteiger partial charge in [-0.05, 0) is 30.7 Å². The summed E-state index contributed by atoms with van der Waals surface area (Å²) in [4.78, 5) is 8.79. The molecule has 2 heterocycles. The molecule has 3 aromatic rings. The maximum Gasteiger partial charge on any atom is 0.187 e. The predicted octanol–water partition coefficient (Wildman–Crippen LogP) is 6.69. The Kier molecular flexibility index (Phi) is 7.66. The van der Waals surface area contributed by atoms with Crippen LogP contribution in [0.2, 0.25) is 0 Å². The van der Waals surface area contributed by atoms with Gasteiger partial charge in [-0.1, -0.05) is 45.1 Å². The maximum absolute atomic E-state index is 5.90. The Balaban J connectivity index is 1.49. The van der Waals surface area contributed by atoms with E-state index in [2.05, 4.69) is 22.2 Å². The van der Waals surface area contributed by atoms with Crippen LogP contribution in [-0.4, -0.2) is 16.6 Å². The van der Waals surface area contributed by atoms with Gasteiger partial charge >= 0.3 is 0 Å². The lowest BCUT2D eigenvalue weighted by Crippen LogP contribution is -1.98. The first-order valence-corrected chi connectivity index (χ1v) is 10.6. The van der Waals surface area contributed by atoms with Crippen LogP contribution in [0, 0.1) is 0 Å². The van der Waals surface area contributed by atoms with Crippen LogP contribution in [0.5, 0.6) is 5.75 Å². The van der Waals surface area contributed by atoms with E-state index >= 15 is 0 Å². The lowest BCUT2D eigenvalue weighted by Gasteiger charge is -2.08. The van der Waals surface area contributed by atoms with E-state index < -0.39 is 0 Å². The van der Waals surface area contributed by atoms with Gasteiger partial charge in [0.25, 0.3) is 0 Å². The molecule has 0 saturated heterocycles. The van der Waals surface area contributed by atoms with Crippen molar-refractivity contribution < 1.29 is 4.74 Å². The molecule has 0 atom stereocenters. The minimum Gasteiger partial charge on any atom is -0.494 e. The number of nitrogens with one attached hydrogen (secondary N) is 1. The zero-order chi connectivity index (χ0) is 18.7. The summed E-state index contributed by atoms with van der Waals surface area (Å²) < 4.78 is 5.90. The Morgan fingerprint density at radius 2 is 1.93 bits per heavy atom. The topological polar surface area (TPSA) is 47.0 Å². The molecule has 0 saturated carbocycles. The van der Waals surface area contributed by atoms with Crippen molar-refractivity contribution >= 4 is 22.2 Å². The van der Waals surface area contributed by atoms with Gasteiger partial charge in [0, 0.05) is 35.1 Å². The summed E-state index contributed by atoms with van der Waals surface area (Å²) in [5.74, 6) is 0.901. The maximum atomic E-state index is 5.90. The van der Waals surface area contributed by atoms with Gasteiger partial charge in [0.2, 0.25) is 0 Å². The van der Waals surface area contributed by atoms with Gasteiger partial charge in [-0.2, -0.15) is 0 Å². The second-order valence-corrected chi connectivity index (χ2v) is 7.41. The first-order chi connectivity index (χ1) is 13.3. The van der Waals surface area contributed by atoms with Gasteiger partial charge in [-0.3, -0.25) is 4.98 Å². The third-order valence-electron chi connectivity index (χ3n) is 4.31. The van der Waals surface area contributed by atoms with Crippen LogP contribution in [0.4, 0.5) is 10.8 Å². The average Bonchev–Trinajstić information content (AvgIpc) is 3.17. The van der Waals surface area contributed by atoms with Gasteiger partial charge in [0.1, 0.15) is 5.75 Å². The Hall–Kier alpha value is -2.40. The van der Waals surface area contributed by atoms with E-state index in [-0.39, 0.29) is 0 Å². The Morgan fingerprint density at radius 1 is 1.04 bits per heavy atom. The van der Waals surface area contributed by atoms with Crippen molar-refractivity contribution in [3.63, 3.8) is 0 Å². The van der Waals surface area contributed by atoms with Crippen molar-refractivity contribution in [1.82, 2.24) is 9.97 Å². The SMILES string of the molecule is CCCCCCCCOc1cccc(Nc2nc(-c3cccnc3)cs2)c1. The molecule has 0 spiro atoms. The Bertz CT molecular complexity index is 804. The van der Waals surface area contributed by atoms with Crippen LogP contribution in [-0.2, 0) is 0 Å².